The van der Waals surface area contributed by atoms with Crippen LogP contribution in [-0.4, -0.2) is 73.9 Å². The summed E-state index contributed by atoms with van der Waals surface area (Å²) < 4.78 is 5.07. The van der Waals surface area contributed by atoms with Gasteiger partial charge in [0.05, 0.1) is 30.3 Å². The van der Waals surface area contributed by atoms with Crippen LogP contribution < -0.4 is 5.11 Å². The number of carbonyl (C=O) groups excluding carboxylic acids is 4. The second-order valence-corrected chi connectivity index (χ2v) is 12.3. The van der Waals surface area contributed by atoms with Gasteiger partial charge in [0.1, 0.15) is 17.7 Å². The topological polar surface area (TPSA) is 181 Å². The molecular formula is C29H53O10-. The maximum atomic E-state index is 11.4. The summed E-state index contributed by atoms with van der Waals surface area (Å²) in [7, 11) is 0. The van der Waals surface area contributed by atoms with Gasteiger partial charge in [-0.3, -0.25) is 14.4 Å². The average Bonchev–Trinajstić information content (AvgIpc) is 2.63. The van der Waals surface area contributed by atoms with Crippen LogP contribution in [-0.2, 0) is 23.9 Å². The lowest BCUT2D eigenvalue weighted by atomic mass is 9.91. The first kappa shape index (κ1) is 39.3. The first-order valence-electron chi connectivity index (χ1n) is 13.9. The van der Waals surface area contributed by atoms with Crippen molar-refractivity contribution in [1.29, 1.82) is 0 Å². The van der Waals surface area contributed by atoms with Crippen molar-refractivity contribution in [1.82, 2.24) is 0 Å². The number of aliphatic carboxylic acids is 1. The number of aliphatic hydroxyl groups is 4. The number of cyclic esters (lactones) is 1. The second kappa shape index (κ2) is 20.1. The van der Waals surface area contributed by atoms with E-state index in [1.54, 1.807) is 0 Å². The molecule has 230 valence electrons. The third kappa shape index (κ3) is 26.1. The van der Waals surface area contributed by atoms with E-state index in [0.717, 1.165) is 6.42 Å². The Morgan fingerprint density at radius 2 is 1.51 bits per heavy atom. The molecule has 10 nitrogen and oxygen atoms in total. The third-order valence-electron chi connectivity index (χ3n) is 5.50. The molecule has 1 aliphatic heterocycles. The first-order chi connectivity index (χ1) is 17.7. The summed E-state index contributed by atoms with van der Waals surface area (Å²) in [4.78, 5) is 43.1. The van der Waals surface area contributed by atoms with Gasteiger partial charge in [-0.2, -0.15) is 0 Å². The smallest absolute Gasteiger partial charge is 0.308 e. The Bertz CT molecular complexity index is 728. The number of hydrogen-bond acceptors (Lipinski definition) is 10. The molecule has 0 saturated carbocycles. The zero-order valence-corrected chi connectivity index (χ0v) is 25.1. The number of aliphatic hydroxyl groups excluding tert-OH is 3. The van der Waals surface area contributed by atoms with Gasteiger partial charge in [0.15, 0.2) is 0 Å². The quantitative estimate of drug-likeness (QED) is 0.229. The fraction of sp³-hybridized carbons (Fsp3) is 0.862. The van der Waals surface area contributed by atoms with E-state index in [0.29, 0.717) is 37.0 Å². The normalized spacial score (nSPS) is 20.1. The number of esters is 1. The van der Waals surface area contributed by atoms with Crippen LogP contribution in [0.3, 0.4) is 0 Å². The van der Waals surface area contributed by atoms with E-state index in [-0.39, 0.29) is 49.3 Å². The van der Waals surface area contributed by atoms with Gasteiger partial charge in [-0.15, -0.1) is 0 Å². The van der Waals surface area contributed by atoms with Crippen LogP contribution in [0, 0.1) is 17.8 Å². The number of ether oxygens (including phenoxy) is 1. The predicted octanol–water partition coefficient (Wildman–Crippen LogP) is 2.11. The second-order valence-electron chi connectivity index (χ2n) is 12.3. The molecule has 10 heteroatoms. The maximum Gasteiger partial charge on any atom is 0.308 e. The minimum atomic E-state index is -1.29. The van der Waals surface area contributed by atoms with Gasteiger partial charge in [0, 0.05) is 38.1 Å². The fourth-order valence-corrected chi connectivity index (χ4v) is 4.31. The molecule has 1 saturated heterocycles. The Morgan fingerprint density at radius 1 is 0.949 bits per heavy atom. The molecule has 0 bridgehead atoms. The number of ketones is 2. The highest BCUT2D eigenvalue weighted by atomic mass is 16.5. The van der Waals surface area contributed by atoms with E-state index in [2.05, 4.69) is 13.8 Å². The fourth-order valence-electron chi connectivity index (χ4n) is 4.31. The molecule has 0 amide bonds. The molecule has 0 spiro atoms. The highest BCUT2D eigenvalue weighted by Crippen LogP contribution is 2.21. The van der Waals surface area contributed by atoms with E-state index in [4.69, 9.17) is 9.84 Å². The number of carboxylic acid groups (broad SMARTS) is 1. The van der Waals surface area contributed by atoms with Gasteiger partial charge in [0.2, 0.25) is 0 Å². The van der Waals surface area contributed by atoms with Crippen LogP contribution in [0.25, 0.3) is 0 Å². The molecule has 1 heterocycles. The minimum absolute atomic E-state index is 0.0197. The standard InChI is InChI=1S/C11H20O3.C9H18O4.C9H16O3/c1-8(2)5-10(13)7-11(4,14)6-9(3)12;1-6(2)3-7(10)4-8(11)5-9(12)13;1-6(2)3-8-4-7(10)5-9(11)12-8/h8,14H,5-7H2,1-4H3;6-8,10-11H,3-5H2,1-2H3,(H,12,13);6-8,10H,3-5H2,1-2H3/p-1/t11-;2*7-,8-/m011/s1. The number of carboxylic acids is 1. The molecule has 0 radical (unpaired) electrons. The lowest BCUT2D eigenvalue weighted by molar-refractivity contribution is -0.307. The zero-order chi connectivity index (χ0) is 30.9. The van der Waals surface area contributed by atoms with Gasteiger partial charge in [0.25, 0.3) is 0 Å². The summed E-state index contributed by atoms with van der Waals surface area (Å²) >= 11 is 0. The molecule has 0 aromatic rings. The number of rotatable bonds is 14. The molecule has 4 N–H and O–H groups in total. The molecule has 1 aliphatic rings. The third-order valence-corrected chi connectivity index (χ3v) is 5.50. The molecule has 1 rings (SSSR count). The SMILES string of the molecule is CC(=O)C[C@](C)(O)CC(=O)CC(C)C.CC(C)C[C@@H](O)C[C@@H](O)CC(=O)[O-].CC(C)C[C@@H]1C[C@@H](O)CC(=O)O1. The van der Waals surface area contributed by atoms with E-state index in [9.17, 15) is 39.6 Å². The average molecular weight is 562 g/mol. The molecule has 0 aromatic heterocycles. The molecule has 1 fully saturated rings. The van der Waals surface area contributed by atoms with Crippen molar-refractivity contribution >= 4 is 23.5 Å². The molecule has 0 aromatic carbocycles. The maximum absolute atomic E-state index is 11.4. The summed E-state index contributed by atoms with van der Waals surface area (Å²) in [5.41, 5.74) is -1.17. The van der Waals surface area contributed by atoms with Gasteiger partial charge in [-0.1, -0.05) is 41.5 Å². The van der Waals surface area contributed by atoms with Crippen LogP contribution in [0.2, 0.25) is 0 Å². The van der Waals surface area contributed by atoms with E-state index >= 15 is 0 Å². The zero-order valence-electron chi connectivity index (χ0n) is 25.1. The van der Waals surface area contributed by atoms with Crippen molar-refractivity contribution in [3.05, 3.63) is 0 Å². The Labute approximate surface area is 234 Å². The van der Waals surface area contributed by atoms with Crippen molar-refractivity contribution in [2.45, 2.75) is 143 Å². The molecule has 0 aliphatic carbocycles. The molecule has 0 unspecified atom stereocenters. The lowest BCUT2D eigenvalue weighted by Crippen LogP contribution is -2.33. The van der Waals surface area contributed by atoms with Gasteiger partial charge >= 0.3 is 5.97 Å². The van der Waals surface area contributed by atoms with Crippen molar-refractivity contribution in [2.75, 3.05) is 0 Å². The highest BCUT2D eigenvalue weighted by molar-refractivity contribution is 5.82. The summed E-state index contributed by atoms with van der Waals surface area (Å²) in [6.45, 7) is 14.9. The Balaban J connectivity index is 0. The summed E-state index contributed by atoms with van der Waals surface area (Å²) in [6.07, 6.45) is 0.284. The number of hydrogen-bond donors (Lipinski definition) is 4. The van der Waals surface area contributed by atoms with Crippen LogP contribution in [0.15, 0.2) is 0 Å². The predicted molar refractivity (Wildman–Crippen MR) is 145 cm³/mol. The van der Waals surface area contributed by atoms with E-state index in [1.807, 2.05) is 27.7 Å². The van der Waals surface area contributed by atoms with Crippen LogP contribution in [0.4, 0.5) is 0 Å². The van der Waals surface area contributed by atoms with Crippen molar-refractivity contribution in [3.63, 3.8) is 0 Å². The van der Waals surface area contributed by atoms with Crippen LogP contribution in [0.5, 0.6) is 0 Å². The van der Waals surface area contributed by atoms with Crippen molar-refractivity contribution in [3.8, 4) is 0 Å². The highest BCUT2D eigenvalue weighted by Gasteiger charge is 2.27. The largest absolute Gasteiger partial charge is 0.550 e. The van der Waals surface area contributed by atoms with E-state index in [1.165, 1.54) is 13.8 Å². The van der Waals surface area contributed by atoms with Gasteiger partial charge in [-0.05, 0) is 50.9 Å². The molecular weight excluding hydrogens is 508 g/mol. The minimum Gasteiger partial charge on any atom is -0.550 e. The number of carbonyl (C=O) groups is 4. The monoisotopic (exact) mass is 561 g/mol. The van der Waals surface area contributed by atoms with Crippen molar-refractivity contribution < 1.29 is 49.4 Å². The van der Waals surface area contributed by atoms with Crippen molar-refractivity contribution in [2.24, 2.45) is 17.8 Å². The number of Topliss-reactive ketones (excluding diaryl/α,β-unsaturated/α-hetero) is 2. The summed E-state index contributed by atoms with van der Waals surface area (Å²) in [5.74, 6) is -0.476. The van der Waals surface area contributed by atoms with Crippen LogP contribution >= 0.6 is 0 Å². The van der Waals surface area contributed by atoms with Gasteiger partial charge in [-0.25, -0.2) is 0 Å². The Kier molecular flexibility index (Phi) is 20.2. The summed E-state index contributed by atoms with van der Waals surface area (Å²) in [6, 6.07) is 0. The Hall–Kier alpha value is -1.88. The molecule has 5 atom stereocenters. The van der Waals surface area contributed by atoms with Crippen LogP contribution in [0.1, 0.15) is 113 Å². The summed E-state index contributed by atoms with van der Waals surface area (Å²) in [5, 5.41) is 47.5. The van der Waals surface area contributed by atoms with Gasteiger partial charge < -0.3 is 35.1 Å². The first-order valence-corrected chi connectivity index (χ1v) is 13.9. The lowest BCUT2D eigenvalue weighted by Gasteiger charge is -2.26. The molecule has 39 heavy (non-hydrogen) atoms. The Morgan fingerprint density at radius 3 is 1.92 bits per heavy atom. The van der Waals surface area contributed by atoms with E-state index < -0.39 is 36.3 Å².